The molecule has 0 aromatic carbocycles. The van der Waals surface area contributed by atoms with Crippen molar-refractivity contribution in [1.82, 2.24) is 15.2 Å². The van der Waals surface area contributed by atoms with Crippen LogP contribution in [0.4, 0.5) is 0 Å². The van der Waals surface area contributed by atoms with Gasteiger partial charge >= 0.3 is 0 Å². The van der Waals surface area contributed by atoms with Crippen LogP contribution < -0.4 is 5.32 Å². The maximum Gasteiger partial charge on any atom is 0.0547 e. The second-order valence-electron chi connectivity index (χ2n) is 5.97. The molecule has 0 radical (unpaired) electrons. The van der Waals surface area contributed by atoms with Gasteiger partial charge in [-0.3, -0.25) is 4.98 Å². The summed E-state index contributed by atoms with van der Waals surface area (Å²) >= 11 is 0. The number of nitrogens with zero attached hydrogens (tertiary/aromatic N) is 2. The summed E-state index contributed by atoms with van der Waals surface area (Å²) in [6, 6.07) is 6.37. The standard InChI is InChI=1S/C16H27N3/c1-4-8-17-10-15-6-5-7-16(18-15)12-19(3)11-14-9-13(14)2/h5-7,13-14,17H,4,8-12H2,1-3H3. The van der Waals surface area contributed by atoms with Gasteiger partial charge in [-0.1, -0.05) is 19.9 Å². The predicted molar refractivity (Wildman–Crippen MR) is 79.8 cm³/mol. The van der Waals surface area contributed by atoms with Crippen molar-refractivity contribution in [3.8, 4) is 0 Å². The second kappa shape index (κ2) is 7.01. The first kappa shape index (κ1) is 14.5. The molecule has 1 N–H and O–H groups in total. The summed E-state index contributed by atoms with van der Waals surface area (Å²) in [5.41, 5.74) is 2.34. The van der Waals surface area contributed by atoms with E-state index in [-0.39, 0.29) is 0 Å². The van der Waals surface area contributed by atoms with Crippen LogP contribution in [0.3, 0.4) is 0 Å². The summed E-state index contributed by atoms with van der Waals surface area (Å²) in [6.07, 6.45) is 2.57. The molecule has 1 aliphatic rings. The molecule has 1 aliphatic carbocycles. The summed E-state index contributed by atoms with van der Waals surface area (Å²) in [5, 5.41) is 3.40. The summed E-state index contributed by atoms with van der Waals surface area (Å²) in [7, 11) is 2.20. The predicted octanol–water partition coefficient (Wildman–Crippen LogP) is 2.67. The topological polar surface area (TPSA) is 28.2 Å². The molecule has 0 aliphatic heterocycles. The average Bonchev–Trinajstić information content (AvgIpc) is 3.05. The van der Waals surface area contributed by atoms with Crippen molar-refractivity contribution < 1.29 is 0 Å². The zero-order valence-electron chi connectivity index (χ0n) is 12.5. The van der Waals surface area contributed by atoms with Gasteiger partial charge in [-0.05, 0) is 50.4 Å². The average molecular weight is 261 g/mol. The van der Waals surface area contributed by atoms with Gasteiger partial charge in [-0.15, -0.1) is 0 Å². The monoisotopic (exact) mass is 261 g/mol. The quantitative estimate of drug-likeness (QED) is 0.729. The Morgan fingerprint density at radius 1 is 1.37 bits per heavy atom. The SMILES string of the molecule is CCCNCc1cccc(CN(C)CC2CC2C)n1. The molecule has 19 heavy (non-hydrogen) atoms. The molecule has 1 heterocycles. The molecule has 1 saturated carbocycles. The van der Waals surface area contributed by atoms with Crippen molar-refractivity contribution in [3.05, 3.63) is 29.6 Å². The number of pyridine rings is 1. The van der Waals surface area contributed by atoms with Crippen molar-refractivity contribution in [2.45, 2.75) is 39.8 Å². The Bertz CT molecular complexity index is 391. The van der Waals surface area contributed by atoms with Crippen LogP contribution >= 0.6 is 0 Å². The molecule has 3 nitrogen and oxygen atoms in total. The summed E-state index contributed by atoms with van der Waals surface area (Å²) in [5.74, 6) is 1.85. The molecular weight excluding hydrogens is 234 g/mol. The Kier molecular flexibility index (Phi) is 5.34. The second-order valence-corrected chi connectivity index (χ2v) is 5.97. The Labute approximate surface area is 117 Å². The van der Waals surface area contributed by atoms with Crippen molar-refractivity contribution in [1.29, 1.82) is 0 Å². The summed E-state index contributed by atoms with van der Waals surface area (Å²) < 4.78 is 0. The van der Waals surface area contributed by atoms with Gasteiger partial charge in [-0.2, -0.15) is 0 Å². The Morgan fingerprint density at radius 2 is 2.11 bits per heavy atom. The van der Waals surface area contributed by atoms with E-state index in [4.69, 9.17) is 4.98 Å². The lowest BCUT2D eigenvalue weighted by atomic mass is 10.2. The highest BCUT2D eigenvalue weighted by molar-refractivity contribution is 5.11. The highest BCUT2D eigenvalue weighted by atomic mass is 15.1. The number of hydrogen-bond donors (Lipinski definition) is 1. The molecular formula is C16H27N3. The minimum Gasteiger partial charge on any atom is -0.311 e. The Hall–Kier alpha value is -0.930. The lowest BCUT2D eigenvalue weighted by molar-refractivity contribution is 0.304. The molecule has 2 unspecified atom stereocenters. The minimum atomic E-state index is 0.880. The molecule has 0 spiro atoms. The van der Waals surface area contributed by atoms with Crippen molar-refractivity contribution in [2.75, 3.05) is 20.1 Å². The lowest BCUT2D eigenvalue weighted by Gasteiger charge is -2.16. The minimum absolute atomic E-state index is 0.880. The first-order valence-corrected chi connectivity index (χ1v) is 7.53. The van der Waals surface area contributed by atoms with Crippen LogP contribution in [0.25, 0.3) is 0 Å². The van der Waals surface area contributed by atoms with Gasteiger partial charge in [0.05, 0.1) is 11.4 Å². The molecule has 0 bridgehead atoms. The Balaban J connectivity index is 1.80. The van der Waals surface area contributed by atoms with Gasteiger partial charge in [-0.25, -0.2) is 0 Å². The zero-order chi connectivity index (χ0) is 13.7. The van der Waals surface area contributed by atoms with Gasteiger partial charge in [0.1, 0.15) is 0 Å². The molecule has 2 rings (SSSR count). The van der Waals surface area contributed by atoms with Crippen LogP contribution in [-0.4, -0.2) is 30.0 Å². The van der Waals surface area contributed by atoms with Crippen LogP contribution in [0, 0.1) is 11.8 Å². The molecule has 1 aromatic rings. The van der Waals surface area contributed by atoms with Gasteiger partial charge < -0.3 is 10.2 Å². The number of rotatable bonds is 8. The van der Waals surface area contributed by atoms with E-state index in [9.17, 15) is 0 Å². The number of hydrogen-bond acceptors (Lipinski definition) is 3. The maximum absolute atomic E-state index is 4.73. The van der Waals surface area contributed by atoms with Crippen molar-refractivity contribution >= 4 is 0 Å². The normalized spacial score (nSPS) is 21.9. The maximum atomic E-state index is 4.73. The zero-order valence-corrected chi connectivity index (χ0v) is 12.5. The smallest absolute Gasteiger partial charge is 0.0547 e. The van der Waals surface area contributed by atoms with Crippen molar-refractivity contribution in [3.63, 3.8) is 0 Å². The summed E-state index contributed by atoms with van der Waals surface area (Å²) in [6.45, 7) is 8.64. The first-order chi connectivity index (χ1) is 9.19. The fourth-order valence-corrected chi connectivity index (χ4v) is 2.50. The Morgan fingerprint density at radius 3 is 2.79 bits per heavy atom. The van der Waals surface area contributed by atoms with E-state index < -0.39 is 0 Å². The summed E-state index contributed by atoms with van der Waals surface area (Å²) in [4.78, 5) is 7.13. The van der Waals surface area contributed by atoms with Crippen LogP contribution in [0.1, 0.15) is 38.1 Å². The molecule has 0 amide bonds. The fraction of sp³-hybridized carbons (Fsp3) is 0.688. The van der Waals surface area contributed by atoms with E-state index in [1.54, 1.807) is 0 Å². The highest BCUT2D eigenvalue weighted by Gasteiger charge is 2.32. The van der Waals surface area contributed by atoms with E-state index in [1.807, 2.05) is 0 Å². The molecule has 106 valence electrons. The van der Waals surface area contributed by atoms with Gasteiger partial charge in [0.15, 0.2) is 0 Å². The van der Waals surface area contributed by atoms with Crippen LogP contribution in [0.15, 0.2) is 18.2 Å². The number of nitrogens with one attached hydrogen (secondary N) is 1. The van der Waals surface area contributed by atoms with Crippen LogP contribution in [0.5, 0.6) is 0 Å². The fourth-order valence-electron chi connectivity index (χ4n) is 2.50. The molecule has 0 saturated heterocycles. The van der Waals surface area contributed by atoms with E-state index >= 15 is 0 Å². The van der Waals surface area contributed by atoms with Crippen LogP contribution in [-0.2, 0) is 13.1 Å². The van der Waals surface area contributed by atoms with E-state index in [1.165, 1.54) is 25.1 Å². The van der Waals surface area contributed by atoms with E-state index in [0.717, 1.165) is 37.2 Å². The molecule has 3 heteroatoms. The van der Waals surface area contributed by atoms with Gasteiger partial charge in [0.25, 0.3) is 0 Å². The lowest BCUT2D eigenvalue weighted by Crippen LogP contribution is -2.22. The first-order valence-electron chi connectivity index (χ1n) is 7.53. The van der Waals surface area contributed by atoms with E-state index in [2.05, 4.69) is 49.3 Å². The molecule has 1 fully saturated rings. The van der Waals surface area contributed by atoms with Crippen molar-refractivity contribution in [2.24, 2.45) is 11.8 Å². The highest BCUT2D eigenvalue weighted by Crippen LogP contribution is 2.38. The van der Waals surface area contributed by atoms with Gasteiger partial charge in [0, 0.05) is 19.6 Å². The number of aromatic nitrogens is 1. The third-order valence-electron chi connectivity index (χ3n) is 3.85. The third-order valence-corrected chi connectivity index (χ3v) is 3.85. The molecule has 2 atom stereocenters. The third kappa shape index (κ3) is 4.92. The van der Waals surface area contributed by atoms with E-state index in [0.29, 0.717) is 0 Å². The molecule has 1 aromatic heterocycles. The largest absolute Gasteiger partial charge is 0.311 e. The van der Waals surface area contributed by atoms with Gasteiger partial charge in [0.2, 0.25) is 0 Å². The van der Waals surface area contributed by atoms with Crippen LogP contribution in [0.2, 0.25) is 0 Å².